The summed E-state index contributed by atoms with van der Waals surface area (Å²) in [4.78, 5) is 4.87. The molecule has 1 N–H and O–H groups in total. The average Bonchev–Trinajstić information content (AvgIpc) is 2.39. The maximum Gasteiger partial charge on any atom is 0.105 e. The predicted molar refractivity (Wildman–Crippen MR) is 80.1 cm³/mol. The number of hydrogen-bond acceptors (Lipinski definition) is 4. The Balaban J connectivity index is 2.57. The average molecular weight is 266 g/mol. The Morgan fingerprint density at radius 1 is 1.53 bits per heavy atom. The van der Waals surface area contributed by atoms with E-state index in [1.54, 1.807) is 0 Å². The third-order valence-electron chi connectivity index (χ3n) is 4.30. The second-order valence-corrected chi connectivity index (χ2v) is 6.28. The van der Waals surface area contributed by atoms with E-state index < -0.39 is 5.54 Å². The fourth-order valence-corrected chi connectivity index (χ4v) is 3.07. The number of hydrogen-bond donors (Lipinski definition) is 1. The molecule has 110 valence electrons. The molecule has 4 heteroatoms. The van der Waals surface area contributed by atoms with Crippen molar-refractivity contribution in [3.05, 3.63) is 0 Å². The Morgan fingerprint density at radius 3 is 2.74 bits per heavy atom. The van der Waals surface area contributed by atoms with Gasteiger partial charge < -0.3 is 4.90 Å². The van der Waals surface area contributed by atoms with Crippen LogP contribution in [0, 0.1) is 11.3 Å². The summed E-state index contributed by atoms with van der Waals surface area (Å²) >= 11 is 0. The van der Waals surface area contributed by atoms with E-state index in [1.807, 2.05) is 6.92 Å². The molecule has 0 bridgehead atoms. The van der Waals surface area contributed by atoms with Gasteiger partial charge in [0, 0.05) is 18.6 Å². The standard InChI is InChI=1S/C15H30N4/c1-6-17-15(3,12-16)10-13(2)19-9-7-8-14(11-19)18(4)5/h13-14,17H,6-11H2,1-5H3. The Kier molecular flexibility index (Phi) is 6.25. The van der Waals surface area contributed by atoms with Gasteiger partial charge >= 0.3 is 0 Å². The van der Waals surface area contributed by atoms with Crippen molar-refractivity contribution >= 4 is 0 Å². The van der Waals surface area contributed by atoms with Gasteiger partial charge in [0.05, 0.1) is 6.07 Å². The molecule has 0 spiro atoms. The normalized spacial score (nSPS) is 25.8. The maximum absolute atomic E-state index is 9.36. The number of likely N-dealkylation sites (tertiary alicyclic amines) is 1. The Labute approximate surface area is 118 Å². The van der Waals surface area contributed by atoms with Gasteiger partial charge in [-0.2, -0.15) is 5.26 Å². The van der Waals surface area contributed by atoms with Crippen LogP contribution in [-0.4, -0.2) is 61.2 Å². The zero-order chi connectivity index (χ0) is 14.5. The second kappa shape index (κ2) is 7.23. The largest absolute Gasteiger partial charge is 0.305 e. The van der Waals surface area contributed by atoms with Crippen molar-refractivity contribution in [3.63, 3.8) is 0 Å². The molecule has 1 aliphatic rings. The van der Waals surface area contributed by atoms with Gasteiger partial charge in [-0.1, -0.05) is 6.92 Å². The lowest BCUT2D eigenvalue weighted by molar-refractivity contribution is 0.0905. The van der Waals surface area contributed by atoms with Gasteiger partial charge in [-0.3, -0.25) is 10.2 Å². The molecule has 0 radical (unpaired) electrons. The van der Waals surface area contributed by atoms with Crippen molar-refractivity contribution in [2.24, 2.45) is 0 Å². The van der Waals surface area contributed by atoms with Crippen LogP contribution in [0.3, 0.4) is 0 Å². The summed E-state index contributed by atoms with van der Waals surface area (Å²) in [6.07, 6.45) is 3.44. The molecule has 0 aromatic rings. The van der Waals surface area contributed by atoms with E-state index in [-0.39, 0.29) is 0 Å². The van der Waals surface area contributed by atoms with E-state index in [0.717, 1.165) is 19.5 Å². The molecule has 1 fully saturated rings. The highest BCUT2D eigenvalue weighted by atomic mass is 15.2. The van der Waals surface area contributed by atoms with E-state index in [9.17, 15) is 5.26 Å². The summed E-state index contributed by atoms with van der Waals surface area (Å²) in [5.41, 5.74) is -0.404. The minimum Gasteiger partial charge on any atom is -0.305 e. The molecule has 1 rings (SSSR count). The molecule has 3 unspecified atom stereocenters. The van der Waals surface area contributed by atoms with E-state index >= 15 is 0 Å². The number of nitrogens with zero attached hydrogens (tertiary/aromatic N) is 3. The lowest BCUT2D eigenvalue weighted by atomic mass is 9.92. The van der Waals surface area contributed by atoms with Crippen molar-refractivity contribution in [2.75, 3.05) is 33.7 Å². The first-order valence-corrected chi connectivity index (χ1v) is 7.48. The molecule has 0 saturated carbocycles. The van der Waals surface area contributed by atoms with E-state index in [2.05, 4.69) is 49.1 Å². The molecule has 1 aliphatic heterocycles. The van der Waals surface area contributed by atoms with Gasteiger partial charge in [-0.05, 0) is 60.3 Å². The first-order chi connectivity index (χ1) is 8.91. The number of likely N-dealkylation sites (N-methyl/N-ethyl adjacent to an activating group) is 1. The minimum absolute atomic E-state index is 0.404. The number of piperidine rings is 1. The van der Waals surface area contributed by atoms with Gasteiger partial charge in [0.15, 0.2) is 0 Å². The van der Waals surface area contributed by atoms with Crippen molar-refractivity contribution < 1.29 is 0 Å². The van der Waals surface area contributed by atoms with Gasteiger partial charge in [0.25, 0.3) is 0 Å². The second-order valence-electron chi connectivity index (χ2n) is 6.28. The van der Waals surface area contributed by atoms with Crippen molar-refractivity contribution in [1.82, 2.24) is 15.1 Å². The molecule has 1 heterocycles. The molecule has 0 aromatic carbocycles. The highest BCUT2D eigenvalue weighted by molar-refractivity contribution is 5.05. The van der Waals surface area contributed by atoms with Crippen LogP contribution in [0.1, 0.15) is 40.0 Å². The molecule has 3 atom stereocenters. The summed E-state index contributed by atoms with van der Waals surface area (Å²) < 4.78 is 0. The Morgan fingerprint density at radius 2 is 2.21 bits per heavy atom. The fraction of sp³-hybridized carbons (Fsp3) is 0.933. The van der Waals surface area contributed by atoms with Crippen LogP contribution >= 0.6 is 0 Å². The minimum atomic E-state index is -0.404. The van der Waals surface area contributed by atoms with Crippen molar-refractivity contribution in [2.45, 2.75) is 57.7 Å². The summed E-state index contributed by atoms with van der Waals surface area (Å²) in [6, 6.07) is 3.54. The van der Waals surface area contributed by atoms with Gasteiger partial charge in [0.2, 0.25) is 0 Å². The molecule has 1 saturated heterocycles. The Hall–Kier alpha value is -0.630. The monoisotopic (exact) mass is 266 g/mol. The van der Waals surface area contributed by atoms with Crippen LogP contribution < -0.4 is 5.32 Å². The maximum atomic E-state index is 9.36. The quantitative estimate of drug-likeness (QED) is 0.794. The van der Waals surface area contributed by atoms with Crippen molar-refractivity contribution in [1.29, 1.82) is 5.26 Å². The number of nitriles is 1. The first kappa shape index (κ1) is 16.4. The molecule has 0 aliphatic carbocycles. The van der Waals surface area contributed by atoms with Crippen LogP contribution in [-0.2, 0) is 0 Å². The van der Waals surface area contributed by atoms with Crippen LogP contribution in [0.5, 0.6) is 0 Å². The van der Waals surface area contributed by atoms with Gasteiger partial charge in [-0.15, -0.1) is 0 Å². The molecule has 0 amide bonds. The number of rotatable bonds is 6. The molecular weight excluding hydrogens is 236 g/mol. The predicted octanol–water partition coefficient (Wildman–Crippen LogP) is 1.68. The van der Waals surface area contributed by atoms with Gasteiger partial charge in [-0.25, -0.2) is 0 Å². The third kappa shape index (κ3) is 4.76. The molecule has 0 aromatic heterocycles. The molecular formula is C15H30N4. The Bertz CT molecular complexity index is 310. The lowest BCUT2D eigenvalue weighted by Gasteiger charge is -2.41. The van der Waals surface area contributed by atoms with Gasteiger partial charge in [0.1, 0.15) is 5.54 Å². The van der Waals surface area contributed by atoms with Crippen LogP contribution in [0.15, 0.2) is 0 Å². The zero-order valence-electron chi connectivity index (χ0n) is 13.2. The topological polar surface area (TPSA) is 42.3 Å². The summed E-state index contributed by atoms with van der Waals surface area (Å²) in [6.45, 7) is 9.46. The molecule has 4 nitrogen and oxygen atoms in total. The van der Waals surface area contributed by atoms with Crippen LogP contribution in [0.4, 0.5) is 0 Å². The fourth-order valence-electron chi connectivity index (χ4n) is 3.07. The van der Waals surface area contributed by atoms with E-state index in [4.69, 9.17) is 0 Å². The summed E-state index contributed by atoms with van der Waals surface area (Å²) in [5.74, 6) is 0. The zero-order valence-corrected chi connectivity index (χ0v) is 13.2. The first-order valence-electron chi connectivity index (χ1n) is 7.48. The summed E-state index contributed by atoms with van der Waals surface area (Å²) in [5, 5.41) is 12.7. The van der Waals surface area contributed by atoms with E-state index in [0.29, 0.717) is 12.1 Å². The number of nitrogens with one attached hydrogen (secondary N) is 1. The molecule has 19 heavy (non-hydrogen) atoms. The van der Waals surface area contributed by atoms with Crippen molar-refractivity contribution in [3.8, 4) is 6.07 Å². The third-order valence-corrected chi connectivity index (χ3v) is 4.30. The van der Waals surface area contributed by atoms with Crippen LogP contribution in [0.25, 0.3) is 0 Å². The summed E-state index contributed by atoms with van der Waals surface area (Å²) in [7, 11) is 4.33. The van der Waals surface area contributed by atoms with E-state index in [1.165, 1.54) is 19.4 Å². The smallest absolute Gasteiger partial charge is 0.105 e. The highest BCUT2D eigenvalue weighted by Gasteiger charge is 2.30. The SMILES string of the molecule is CCNC(C)(C#N)CC(C)N1CCCC(N(C)C)C1. The highest BCUT2D eigenvalue weighted by Crippen LogP contribution is 2.21. The lowest BCUT2D eigenvalue weighted by Crippen LogP contribution is -2.52. The van der Waals surface area contributed by atoms with Crippen LogP contribution in [0.2, 0.25) is 0 Å².